The van der Waals surface area contributed by atoms with Crippen molar-refractivity contribution in [3.8, 4) is 0 Å². The number of benzene rings is 3. The van der Waals surface area contributed by atoms with Gasteiger partial charge in [-0.05, 0) is 48.6 Å². The van der Waals surface area contributed by atoms with Crippen LogP contribution in [-0.4, -0.2) is 25.7 Å². The maximum atomic E-state index is 13.0. The van der Waals surface area contributed by atoms with Gasteiger partial charge in [0.25, 0.3) is 0 Å². The predicted molar refractivity (Wildman–Crippen MR) is 124 cm³/mol. The third-order valence-corrected chi connectivity index (χ3v) is 5.60. The summed E-state index contributed by atoms with van der Waals surface area (Å²) in [6, 6.07) is 29.1. The molecule has 3 aromatic rings. The Morgan fingerprint density at radius 1 is 0.867 bits per heavy atom. The summed E-state index contributed by atoms with van der Waals surface area (Å²) in [4.78, 5) is 17.2. The van der Waals surface area contributed by atoms with Gasteiger partial charge in [0.05, 0.1) is 0 Å². The Kier molecular flexibility index (Phi) is 6.65. The minimum absolute atomic E-state index is 0.00271. The molecule has 0 saturated carbocycles. The Morgan fingerprint density at radius 3 is 2.37 bits per heavy atom. The maximum Gasteiger partial charge on any atom is 0.321 e. The largest absolute Gasteiger partial charge is 0.365 e. The highest BCUT2D eigenvalue weighted by atomic mass is 16.2. The molecule has 4 nitrogen and oxygen atoms in total. The van der Waals surface area contributed by atoms with Crippen molar-refractivity contribution in [3.05, 3.63) is 96.1 Å². The lowest BCUT2D eigenvalue weighted by Gasteiger charge is -2.27. The quantitative estimate of drug-likeness (QED) is 0.615. The Labute approximate surface area is 179 Å². The number of hydrogen-bond donors (Lipinski definition) is 1. The Bertz CT molecular complexity index is 943. The summed E-state index contributed by atoms with van der Waals surface area (Å²) in [6.45, 7) is 2.93. The smallest absolute Gasteiger partial charge is 0.321 e. The predicted octanol–water partition coefficient (Wildman–Crippen LogP) is 5.25. The molecule has 3 aromatic carbocycles. The number of urea groups is 1. The number of nitrogens with one attached hydrogen (secondary N) is 1. The van der Waals surface area contributed by atoms with E-state index in [-0.39, 0.29) is 6.03 Å². The minimum atomic E-state index is -0.00271. The van der Waals surface area contributed by atoms with Gasteiger partial charge in [0.1, 0.15) is 0 Å². The number of amides is 2. The van der Waals surface area contributed by atoms with Crippen LogP contribution in [0.15, 0.2) is 84.9 Å². The molecule has 4 rings (SSSR count). The average Bonchev–Trinajstić information content (AvgIpc) is 3.02. The average molecular weight is 400 g/mol. The van der Waals surface area contributed by atoms with Crippen LogP contribution in [-0.2, 0) is 13.0 Å². The Balaban J connectivity index is 1.41. The number of hydrogen-bond acceptors (Lipinski definition) is 2. The topological polar surface area (TPSA) is 35.6 Å². The van der Waals surface area contributed by atoms with Gasteiger partial charge in [0.2, 0.25) is 0 Å². The van der Waals surface area contributed by atoms with Crippen LogP contribution in [0.3, 0.4) is 0 Å². The summed E-state index contributed by atoms with van der Waals surface area (Å²) in [5.41, 5.74) is 4.74. The highest BCUT2D eigenvalue weighted by Crippen LogP contribution is 2.26. The molecule has 1 aliphatic rings. The zero-order valence-electron chi connectivity index (χ0n) is 17.3. The van der Waals surface area contributed by atoms with Gasteiger partial charge >= 0.3 is 6.03 Å². The van der Waals surface area contributed by atoms with Gasteiger partial charge in [0, 0.05) is 37.6 Å². The molecule has 0 bridgehead atoms. The Morgan fingerprint density at radius 2 is 1.57 bits per heavy atom. The highest BCUT2D eigenvalue weighted by Gasteiger charge is 2.20. The number of para-hydroxylation sites is 2. The van der Waals surface area contributed by atoms with E-state index in [0.29, 0.717) is 6.54 Å². The second-order valence-corrected chi connectivity index (χ2v) is 7.71. The molecule has 0 atom stereocenters. The fraction of sp³-hybridized carbons (Fsp3) is 0.269. The van der Waals surface area contributed by atoms with E-state index >= 15 is 0 Å². The SMILES string of the molecule is O=C(NCCN(Cc1ccccc1)c1ccccc1)N1CCCCc2ccccc21. The van der Waals surface area contributed by atoms with Crippen LogP contribution in [0, 0.1) is 0 Å². The van der Waals surface area contributed by atoms with Gasteiger partial charge in [-0.25, -0.2) is 4.79 Å². The van der Waals surface area contributed by atoms with Crippen LogP contribution in [0.4, 0.5) is 16.2 Å². The van der Waals surface area contributed by atoms with Crippen LogP contribution < -0.4 is 15.1 Å². The van der Waals surface area contributed by atoms with Crippen molar-refractivity contribution in [1.29, 1.82) is 0 Å². The van der Waals surface area contributed by atoms with Gasteiger partial charge in [-0.1, -0.05) is 66.7 Å². The molecule has 2 amide bonds. The summed E-state index contributed by atoms with van der Waals surface area (Å²) in [7, 11) is 0. The molecular formula is C26H29N3O. The van der Waals surface area contributed by atoms with Crippen molar-refractivity contribution in [3.63, 3.8) is 0 Å². The van der Waals surface area contributed by atoms with Gasteiger partial charge in [-0.15, -0.1) is 0 Å². The summed E-state index contributed by atoms with van der Waals surface area (Å²) in [5, 5.41) is 3.15. The standard InChI is InChI=1S/C26H29N3O/c30-26(29-19-10-9-14-23-13-7-8-17-25(23)29)27-18-20-28(24-15-5-2-6-16-24)21-22-11-3-1-4-12-22/h1-8,11-13,15-17H,9-10,14,18-21H2,(H,27,30). The van der Waals surface area contributed by atoms with Crippen molar-refractivity contribution in [2.45, 2.75) is 25.8 Å². The molecular weight excluding hydrogens is 370 g/mol. The lowest BCUT2D eigenvalue weighted by Crippen LogP contribution is -2.43. The lowest BCUT2D eigenvalue weighted by atomic mass is 10.1. The Hall–Kier alpha value is -3.27. The van der Waals surface area contributed by atoms with Gasteiger partial charge in [-0.3, -0.25) is 4.90 Å². The third-order valence-electron chi connectivity index (χ3n) is 5.60. The van der Waals surface area contributed by atoms with Crippen LogP contribution in [0.2, 0.25) is 0 Å². The summed E-state index contributed by atoms with van der Waals surface area (Å²) in [5.74, 6) is 0. The van der Waals surface area contributed by atoms with Crippen LogP contribution in [0.1, 0.15) is 24.0 Å². The van der Waals surface area contributed by atoms with E-state index in [9.17, 15) is 4.79 Å². The molecule has 0 radical (unpaired) electrons. The molecule has 4 heteroatoms. The van der Waals surface area contributed by atoms with E-state index in [2.05, 4.69) is 76.9 Å². The summed E-state index contributed by atoms with van der Waals surface area (Å²) >= 11 is 0. The van der Waals surface area contributed by atoms with E-state index < -0.39 is 0 Å². The van der Waals surface area contributed by atoms with E-state index in [0.717, 1.165) is 50.3 Å². The molecule has 0 aromatic heterocycles. The molecule has 0 fully saturated rings. The van der Waals surface area contributed by atoms with Gasteiger partial charge in [0.15, 0.2) is 0 Å². The number of fused-ring (bicyclic) bond motifs is 1. The molecule has 154 valence electrons. The number of nitrogens with zero attached hydrogens (tertiary/aromatic N) is 2. The van der Waals surface area contributed by atoms with E-state index in [4.69, 9.17) is 0 Å². The molecule has 1 N–H and O–H groups in total. The van der Waals surface area contributed by atoms with Gasteiger partial charge < -0.3 is 10.2 Å². The third kappa shape index (κ3) is 5.01. The first kappa shape index (κ1) is 20.0. The maximum absolute atomic E-state index is 13.0. The summed E-state index contributed by atoms with van der Waals surface area (Å²) in [6.07, 6.45) is 3.20. The van der Waals surface area contributed by atoms with Gasteiger partial charge in [-0.2, -0.15) is 0 Å². The number of anilines is 2. The van der Waals surface area contributed by atoms with E-state index in [1.165, 1.54) is 11.1 Å². The first-order valence-corrected chi connectivity index (χ1v) is 10.8. The summed E-state index contributed by atoms with van der Waals surface area (Å²) < 4.78 is 0. The minimum Gasteiger partial charge on any atom is -0.365 e. The molecule has 1 heterocycles. The normalized spacial score (nSPS) is 13.3. The molecule has 30 heavy (non-hydrogen) atoms. The van der Waals surface area contributed by atoms with Crippen LogP contribution in [0.25, 0.3) is 0 Å². The molecule has 0 unspecified atom stereocenters. The second-order valence-electron chi connectivity index (χ2n) is 7.71. The number of carbonyl (C=O) groups is 1. The molecule has 0 spiro atoms. The van der Waals surface area contributed by atoms with Crippen molar-refractivity contribution >= 4 is 17.4 Å². The van der Waals surface area contributed by atoms with Crippen molar-refractivity contribution in [2.24, 2.45) is 0 Å². The van der Waals surface area contributed by atoms with E-state index in [1.54, 1.807) is 0 Å². The molecule has 1 aliphatic heterocycles. The number of aryl methyl sites for hydroxylation is 1. The van der Waals surface area contributed by atoms with Crippen molar-refractivity contribution in [1.82, 2.24) is 5.32 Å². The van der Waals surface area contributed by atoms with Crippen LogP contribution >= 0.6 is 0 Å². The fourth-order valence-corrected chi connectivity index (χ4v) is 4.04. The number of carbonyl (C=O) groups excluding carboxylic acids is 1. The van der Waals surface area contributed by atoms with E-state index in [1.807, 2.05) is 23.1 Å². The molecule has 0 saturated heterocycles. The first-order chi connectivity index (χ1) is 14.8. The van der Waals surface area contributed by atoms with Crippen molar-refractivity contribution < 1.29 is 4.79 Å². The first-order valence-electron chi connectivity index (χ1n) is 10.8. The monoisotopic (exact) mass is 399 g/mol. The second kappa shape index (κ2) is 9.97. The zero-order valence-corrected chi connectivity index (χ0v) is 17.3. The fourth-order valence-electron chi connectivity index (χ4n) is 4.04. The number of rotatable bonds is 6. The van der Waals surface area contributed by atoms with Crippen molar-refractivity contribution in [2.75, 3.05) is 29.4 Å². The zero-order chi connectivity index (χ0) is 20.6. The molecule has 0 aliphatic carbocycles. The lowest BCUT2D eigenvalue weighted by molar-refractivity contribution is 0.246. The highest BCUT2D eigenvalue weighted by molar-refractivity contribution is 5.93. The van der Waals surface area contributed by atoms with Crippen LogP contribution in [0.5, 0.6) is 0 Å².